The van der Waals surface area contributed by atoms with Gasteiger partial charge in [0.15, 0.2) is 0 Å². The average molecular weight is 334 g/mol. The number of imidazole rings is 1. The molecule has 0 aliphatic rings. The van der Waals surface area contributed by atoms with Gasteiger partial charge in [0.25, 0.3) is 0 Å². The van der Waals surface area contributed by atoms with E-state index in [1.54, 1.807) is 13.3 Å². The summed E-state index contributed by atoms with van der Waals surface area (Å²) in [5.74, 6) is 1.55. The molecule has 1 N–H and O–H groups in total. The molecule has 1 heterocycles. The zero-order chi connectivity index (χ0) is 17.7. The highest BCUT2D eigenvalue weighted by molar-refractivity contribution is 5.40. The lowest BCUT2D eigenvalue weighted by Crippen LogP contribution is -2.31. The number of hydrogen-bond acceptors (Lipinski definition) is 3. The van der Waals surface area contributed by atoms with E-state index in [4.69, 9.17) is 4.74 Å². The predicted octanol–water partition coefficient (Wildman–Crippen LogP) is 3.86. The number of allylic oxidation sites excluding steroid dienone is 1. The van der Waals surface area contributed by atoms with Crippen molar-refractivity contribution in [3.8, 4) is 5.75 Å². The Labute approximate surface area is 148 Å². The van der Waals surface area contributed by atoms with Crippen LogP contribution in [0.15, 0.2) is 73.1 Å². The summed E-state index contributed by atoms with van der Waals surface area (Å²) in [4.78, 5) is 4.43. The van der Waals surface area contributed by atoms with Crippen molar-refractivity contribution in [2.24, 2.45) is 0 Å². The van der Waals surface area contributed by atoms with Gasteiger partial charge in [-0.2, -0.15) is 0 Å². The van der Waals surface area contributed by atoms with Crippen LogP contribution in [0.5, 0.6) is 5.75 Å². The van der Waals surface area contributed by atoms with Gasteiger partial charge in [0.1, 0.15) is 17.2 Å². The van der Waals surface area contributed by atoms with E-state index in [0.717, 1.165) is 22.7 Å². The van der Waals surface area contributed by atoms with Crippen LogP contribution in [0.1, 0.15) is 23.9 Å². The molecular formula is C21H22N2O2. The second-order valence-electron chi connectivity index (χ2n) is 5.86. The molecule has 0 fully saturated rings. The van der Waals surface area contributed by atoms with Crippen LogP contribution in [0.2, 0.25) is 0 Å². The van der Waals surface area contributed by atoms with E-state index in [2.05, 4.69) is 4.98 Å². The Kier molecular flexibility index (Phi) is 5.00. The summed E-state index contributed by atoms with van der Waals surface area (Å²) in [7, 11) is 1.63. The largest absolute Gasteiger partial charge is 0.497 e. The van der Waals surface area contributed by atoms with Gasteiger partial charge in [-0.05, 0) is 30.2 Å². The monoisotopic (exact) mass is 334 g/mol. The third-order valence-corrected chi connectivity index (χ3v) is 4.29. The molecule has 1 atom stereocenters. The number of aromatic nitrogens is 2. The van der Waals surface area contributed by atoms with Gasteiger partial charge < -0.3 is 14.4 Å². The molecule has 4 nitrogen and oxygen atoms in total. The molecule has 128 valence electrons. The number of rotatable bonds is 6. The number of benzene rings is 2. The standard InChI is InChI=1S/C21H22N2O2/c1-3-14-23-15-13-22-20(23)16-21(24,17-7-5-4-6-8-17)18-9-11-19(25-2)12-10-18/h3-15,24H,16H2,1-2H3/b14-3+. The lowest BCUT2D eigenvalue weighted by molar-refractivity contribution is 0.0786. The molecule has 25 heavy (non-hydrogen) atoms. The fraction of sp³-hybridized carbons (Fsp3) is 0.190. The zero-order valence-corrected chi connectivity index (χ0v) is 14.5. The van der Waals surface area contributed by atoms with Crippen LogP contribution in [0.3, 0.4) is 0 Å². The summed E-state index contributed by atoms with van der Waals surface area (Å²) in [6.07, 6.45) is 7.87. The maximum absolute atomic E-state index is 11.7. The summed E-state index contributed by atoms with van der Waals surface area (Å²) in [6, 6.07) is 17.2. The molecule has 2 aromatic carbocycles. The molecule has 0 saturated heterocycles. The maximum atomic E-state index is 11.7. The molecule has 0 spiro atoms. The van der Waals surface area contributed by atoms with Crippen molar-refractivity contribution in [2.75, 3.05) is 7.11 Å². The van der Waals surface area contributed by atoms with Crippen LogP contribution in [0, 0.1) is 0 Å². The first-order valence-electron chi connectivity index (χ1n) is 8.24. The topological polar surface area (TPSA) is 47.3 Å². The number of ether oxygens (including phenoxy) is 1. The van der Waals surface area contributed by atoms with Gasteiger partial charge in [-0.15, -0.1) is 0 Å². The van der Waals surface area contributed by atoms with Gasteiger partial charge in [-0.25, -0.2) is 4.98 Å². The molecule has 1 unspecified atom stereocenters. The van der Waals surface area contributed by atoms with Crippen LogP contribution in [0.4, 0.5) is 0 Å². The number of nitrogens with zero attached hydrogens (tertiary/aromatic N) is 2. The molecular weight excluding hydrogens is 312 g/mol. The summed E-state index contributed by atoms with van der Waals surface area (Å²) in [5, 5.41) is 11.7. The van der Waals surface area contributed by atoms with Crippen LogP contribution < -0.4 is 4.74 Å². The highest BCUT2D eigenvalue weighted by Crippen LogP contribution is 2.33. The highest BCUT2D eigenvalue weighted by Gasteiger charge is 2.33. The summed E-state index contributed by atoms with van der Waals surface area (Å²) >= 11 is 0. The van der Waals surface area contributed by atoms with E-state index in [1.165, 1.54) is 0 Å². The minimum atomic E-state index is -1.18. The summed E-state index contributed by atoms with van der Waals surface area (Å²) in [5.41, 5.74) is 0.447. The van der Waals surface area contributed by atoms with Crippen molar-refractivity contribution in [1.82, 2.24) is 9.55 Å². The third kappa shape index (κ3) is 3.49. The average Bonchev–Trinajstić information content (AvgIpc) is 3.09. The Hall–Kier alpha value is -2.85. The molecule has 0 saturated carbocycles. The van der Waals surface area contributed by atoms with E-state index >= 15 is 0 Å². The van der Waals surface area contributed by atoms with Crippen LogP contribution >= 0.6 is 0 Å². The molecule has 0 radical (unpaired) electrons. The summed E-state index contributed by atoms with van der Waals surface area (Å²) < 4.78 is 7.17. The molecule has 3 rings (SSSR count). The van der Waals surface area contributed by atoms with Gasteiger partial charge in [0.2, 0.25) is 0 Å². The second kappa shape index (κ2) is 7.36. The lowest BCUT2D eigenvalue weighted by Gasteiger charge is -2.29. The predicted molar refractivity (Wildman–Crippen MR) is 99.4 cm³/mol. The fourth-order valence-corrected chi connectivity index (χ4v) is 2.96. The Morgan fingerprint density at radius 2 is 1.76 bits per heavy atom. The first-order valence-corrected chi connectivity index (χ1v) is 8.24. The van der Waals surface area contributed by atoms with Crippen molar-refractivity contribution in [1.29, 1.82) is 0 Å². The van der Waals surface area contributed by atoms with Gasteiger partial charge in [0, 0.05) is 25.0 Å². The second-order valence-corrected chi connectivity index (χ2v) is 5.86. The molecule has 0 bridgehead atoms. The minimum absolute atomic E-state index is 0.362. The van der Waals surface area contributed by atoms with Crippen molar-refractivity contribution in [2.45, 2.75) is 18.9 Å². The number of hydrogen-bond donors (Lipinski definition) is 1. The van der Waals surface area contributed by atoms with Crippen LogP contribution in [-0.4, -0.2) is 21.8 Å². The van der Waals surface area contributed by atoms with Crippen molar-refractivity contribution >= 4 is 6.20 Å². The van der Waals surface area contributed by atoms with E-state index in [0.29, 0.717) is 6.42 Å². The van der Waals surface area contributed by atoms with Gasteiger partial charge in [-0.1, -0.05) is 48.5 Å². The fourth-order valence-electron chi connectivity index (χ4n) is 2.96. The van der Waals surface area contributed by atoms with E-state index in [1.807, 2.05) is 84.6 Å². The Morgan fingerprint density at radius 3 is 2.40 bits per heavy atom. The number of methoxy groups -OCH3 is 1. The van der Waals surface area contributed by atoms with Crippen LogP contribution in [0.25, 0.3) is 6.20 Å². The normalized spacial score (nSPS) is 13.7. The molecule has 1 aromatic heterocycles. The van der Waals surface area contributed by atoms with Crippen LogP contribution in [-0.2, 0) is 12.0 Å². The van der Waals surface area contributed by atoms with E-state index < -0.39 is 5.60 Å². The molecule has 0 aliphatic carbocycles. The lowest BCUT2D eigenvalue weighted by atomic mass is 9.83. The van der Waals surface area contributed by atoms with Gasteiger partial charge in [-0.3, -0.25) is 0 Å². The van der Waals surface area contributed by atoms with Crippen molar-refractivity contribution in [3.05, 3.63) is 90.0 Å². The Balaban J connectivity index is 2.07. The van der Waals surface area contributed by atoms with E-state index in [-0.39, 0.29) is 0 Å². The zero-order valence-electron chi connectivity index (χ0n) is 14.5. The smallest absolute Gasteiger partial charge is 0.122 e. The minimum Gasteiger partial charge on any atom is -0.497 e. The Morgan fingerprint density at radius 1 is 1.08 bits per heavy atom. The molecule has 4 heteroatoms. The third-order valence-electron chi connectivity index (χ3n) is 4.29. The van der Waals surface area contributed by atoms with E-state index in [9.17, 15) is 5.11 Å². The molecule has 0 aliphatic heterocycles. The van der Waals surface area contributed by atoms with Gasteiger partial charge in [0.05, 0.1) is 7.11 Å². The maximum Gasteiger partial charge on any atom is 0.122 e. The SMILES string of the molecule is C/C=C/n1ccnc1CC(O)(c1ccccc1)c1ccc(OC)cc1. The molecule has 0 amide bonds. The number of aliphatic hydroxyl groups is 1. The molecule has 3 aromatic rings. The Bertz CT molecular complexity index is 838. The van der Waals surface area contributed by atoms with Crippen molar-refractivity contribution < 1.29 is 9.84 Å². The van der Waals surface area contributed by atoms with Crippen molar-refractivity contribution in [3.63, 3.8) is 0 Å². The quantitative estimate of drug-likeness (QED) is 0.744. The highest BCUT2D eigenvalue weighted by atomic mass is 16.5. The summed E-state index contributed by atoms with van der Waals surface area (Å²) in [6.45, 7) is 1.96. The van der Waals surface area contributed by atoms with Gasteiger partial charge >= 0.3 is 0 Å². The first kappa shape index (κ1) is 17.0. The first-order chi connectivity index (χ1) is 12.2.